The van der Waals surface area contributed by atoms with Gasteiger partial charge in [0, 0.05) is 12.3 Å². The smallest absolute Gasteiger partial charge is 0.187 e. The van der Waals surface area contributed by atoms with Gasteiger partial charge in [0.05, 0.1) is 43.7 Å². The first-order chi connectivity index (χ1) is 29.3. The van der Waals surface area contributed by atoms with E-state index in [0.717, 1.165) is 51.6 Å². The number of rotatable bonds is 7. The van der Waals surface area contributed by atoms with Gasteiger partial charge in [0.1, 0.15) is 61.0 Å². The number of aliphatic hydroxyl groups is 9. The van der Waals surface area contributed by atoms with Crippen molar-refractivity contribution >= 4 is 0 Å². The Labute approximate surface area is 364 Å². The van der Waals surface area contributed by atoms with Crippen LogP contribution in [0.1, 0.15) is 99.3 Å². The topological polar surface area (TPSA) is 256 Å². The average Bonchev–Trinajstić information content (AvgIpc) is 3.69. The van der Waals surface area contributed by atoms with Crippen molar-refractivity contribution in [3.8, 4) is 0 Å². The van der Waals surface area contributed by atoms with Gasteiger partial charge in [-0.3, -0.25) is 0 Å². The fourth-order valence-corrected chi connectivity index (χ4v) is 14.6. The van der Waals surface area contributed by atoms with Crippen LogP contribution in [0.4, 0.5) is 0 Å². The summed E-state index contributed by atoms with van der Waals surface area (Å²) in [5, 5.41) is 98.0. The van der Waals surface area contributed by atoms with Crippen molar-refractivity contribution in [2.24, 2.45) is 52.3 Å². The molecule has 0 aromatic rings. The van der Waals surface area contributed by atoms with Gasteiger partial charge in [-0.25, -0.2) is 0 Å². The van der Waals surface area contributed by atoms with Gasteiger partial charge in [0.25, 0.3) is 0 Å². The van der Waals surface area contributed by atoms with Gasteiger partial charge in [-0.15, -0.1) is 0 Å². The lowest BCUT2D eigenvalue weighted by Crippen LogP contribution is -2.67. The predicted molar refractivity (Wildman–Crippen MR) is 214 cm³/mol. The van der Waals surface area contributed by atoms with Crippen molar-refractivity contribution in [3.05, 3.63) is 0 Å². The summed E-state index contributed by atoms with van der Waals surface area (Å²) in [6.45, 7) is 12.5. The molecule has 0 aromatic carbocycles. The molecule has 9 fully saturated rings. The van der Waals surface area contributed by atoms with Crippen LogP contribution in [-0.2, 0) is 37.9 Å². The van der Waals surface area contributed by atoms with Crippen LogP contribution in [0.5, 0.6) is 0 Å². The maximum absolute atomic E-state index is 12.1. The second-order valence-corrected chi connectivity index (χ2v) is 21.6. The molecule has 4 aliphatic carbocycles. The average molecular weight is 887 g/mol. The highest BCUT2D eigenvalue weighted by Gasteiger charge is 2.69. The van der Waals surface area contributed by atoms with E-state index >= 15 is 0 Å². The van der Waals surface area contributed by atoms with Gasteiger partial charge >= 0.3 is 0 Å². The standard InChI is InChI=1S/C45H74O17/c1-18-9-12-45(55-17-18)19(2)30-28(62-45)14-25-23-8-7-22-13-27(26(47)15-44(22,6)24(23)10-11-43(25,30)5)58-42-39(61-41-36(53)34(51)32(49)21(4)57-41)37(54)38(29(16-46)59-42)60-40-35(52)33(50)31(48)20(3)56-40/h18-42,46-54H,7-17H2,1-6H3/t18-,19-,20-,21-,22-,23+,24-,25-,26+,27+,28-,29+,30-,31-,32-,33+,34+,35+,36+,37-,38+,39+,40-,41-,42+,43-,44-,45+/m0/s1. The zero-order valence-corrected chi connectivity index (χ0v) is 37.0. The lowest BCUT2D eigenvalue weighted by molar-refractivity contribution is -0.391. The third kappa shape index (κ3) is 7.47. The van der Waals surface area contributed by atoms with E-state index in [1.807, 2.05) is 0 Å². The molecule has 0 radical (unpaired) electrons. The van der Waals surface area contributed by atoms with E-state index in [2.05, 4.69) is 27.7 Å². The molecule has 0 aromatic heterocycles. The molecule has 17 nitrogen and oxygen atoms in total. The van der Waals surface area contributed by atoms with Crippen LogP contribution in [0.2, 0.25) is 0 Å². The second kappa shape index (κ2) is 17.1. The third-order valence-corrected chi connectivity index (χ3v) is 18.2. The van der Waals surface area contributed by atoms with Crippen molar-refractivity contribution in [1.29, 1.82) is 0 Å². The van der Waals surface area contributed by atoms with Gasteiger partial charge in [-0.1, -0.05) is 27.7 Å². The summed E-state index contributed by atoms with van der Waals surface area (Å²) in [6.07, 6.45) is -15.4. The first-order valence-electron chi connectivity index (χ1n) is 23.6. The van der Waals surface area contributed by atoms with Gasteiger partial charge in [0.2, 0.25) is 0 Å². The van der Waals surface area contributed by atoms with E-state index in [-0.39, 0.29) is 22.9 Å². The highest BCUT2D eigenvalue weighted by atomic mass is 16.8. The molecule has 9 N–H and O–H groups in total. The Morgan fingerprint density at radius 3 is 1.87 bits per heavy atom. The van der Waals surface area contributed by atoms with Gasteiger partial charge < -0.3 is 83.9 Å². The van der Waals surface area contributed by atoms with Crippen molar-refractivity contribution in [3.63, 3.8) is 0 Å². The molecule has 356 valence electrons. The molecule has 4 saturated carbocycles. The fraction of sp³-hybridized carbons (Fsp3) is 1.00. The highest BCUT2D eigenvalue weighted by molar-refractivity contribution is 5.16. The molecule has 5 heterocycles. The minimum absolute atomic E-state index is 0.157. The minimum Gasteiger partial charge on any atom is -0.394 e. The largest absolute Gasteiger partial charge is 0.394 e. The van der Waals surface area contributed by atoms with Crippen LogP contribution in [0.15, 0.2) is 0 Å². The van der Waals surface area contributed by atoms with E-state index in [1.165, 1.54) is 13.8 Å². The molecule has 9 aliphatic rings. The van der Waals surface area contributed by atoms with Crippen LogP contribution in [0.25, 0.3) is 0 Å². The molecule has 62 heavy (non-hydrogen) atoms. The van der Waals surface area contributed by atoms with Gasteiger partial charge in [-0.2, -0.15) is 0 Å². The third-order valence-electron chi connectivity index (χ3n) is 18.2. The second-order valence-electron chi connectivity index (χ2n) is 21.6. The molecule has 28 atom stereocenters. The van der Waals surface area contributed by atoms with Crippen LogP contribution < -0.4 is 0 Å². The quantitative estimate of drug-likeness (QED) is 0.156. The van der Waals surface area contributed by atoms with E-state index < -0.39 is 117 Å². The maximum atomic E-state index is 12.1. The first kappa shape index (κ1) is 46.4. The van der Waals surface area contributed by atoms with Crippen LogP contribution >= 0.6 is 0 Å². The Morgan fingerprint density at radius 2 is 1.26 bits per heavy atom. The van der Waals surface area contributed by atoms with E-state index in [0.29, 0.717) is 48.3 Å². The number of hydrogen-bond donors (Lipinski definition) is 9. The van der Waals surface area contributed by atoms with Crippen molar-refractivity contribution < 1.29 is 83.9 Å². The Hall–Kier alpha value is -0.680. The summed E-state index contributed by atoms with van der Waals surface area (Å²) in [7, 11) is 0. The summed E-state index contributed by atoms with van der Waals surface area (Å²) in [4.78, 5) is 0. The van der Waals surface area contributed by atoms with E-state index in [1.54, 1.807) is 0 Å². The molecule has 0 unspecified atom stereocenters. The zero-order chi connectivity index (χ0) is 44.4. The summed E-state index contributed by atoms with van der Waals surface area (Å²) in [5.74, 6) is 2.55. The number of hydrogen-bond acceptors (Lipinski definition) is 17. The molecule has 1 spiro atoms. The van der Waals surface area contributed by atoms with Gasteiger partial charge in [-0.05, 0) is 112 Å². The van der Waals surface area contributed by atoms with Gasteiger partial charge in [0.15, 0.2) is 24.7 Å². The predicted octanol–water partition coefficient (Wildman–Crippen LogP) is 0.292. The Morgan fingerprint density at radius 1 is 0.613 bits per heavy atom. The monoisotopic (exact) mass is 886 g/mol. The number of aliphatic hydroxyl groups excluding tert-OH is 9. The van der Waals surface area contributed by atoms with Crippen LogP contribution in [0.3, 0.4) is 0 Å². The highest BCUT2D eigenvalue weighted by Crippen LogP contribution is 2.71. The SMILES string of the molecule is C[C@H]1CC[C@@]2(OC1)O[C@H]1C[C@H]3[C@@H]4CC[C@H]5C[C@@H](O[C@@H]6O[C@H](CO)[C@@H](O[C@@H]7O[C@@H](C)[C@H](O)[C@@H](O)[C@H]7O)[C@H](O)[C@H]6O[C@@H]6O[C@@H](C)[C@H](O)[C@@H](O)[C@H]6O)[C@H](O)C[C@]5(C)[C@H]4CC[C@]3(C)[C@H]1[C@@H]2C. The summed E-state index contributed by atoms with van der Waals surface area (Å²) in [5.41, 5.74) is 0.000556. The molecule has 5 saturated heterocycles. The Bertz CT molecular complexity index is 1570. The van der Waals surface area contributed by atoms with E-state index in [4.69, 9.17) is 37.9 Å². The minimum atomic E-state index is -1.75. The molecule has 5 aliphatic heterocycles. The molecular formula is C45H74O17. The van der Waals surface area contributed by atoms with Crippen molar-refractivity contribution in [1.82, 2.24) is 0 Å². The molecule has 0 amide bonds. The zero-order valence-electron chi connectivity index (χ0n) is 37.0. The summed E-state index contributed by atoms with van der Waals surface area (Å²) >= 11 is 0. The van der Waals surface area contributed by atoms with E-state index in [9.17, 15) is 46.0 Å². The van der Waals surface area contributed by atoms with Crippen molar-refractivity contribution in [2.45, 2.75) is 216 Å². The Balaban J connectivity index is 0.915. The lowest BCUT2D eigenvalue weighted by atomic mass is 9.44. The Kier molecular flexibility index (Phi) is 12.8. The fourth-order valence-electron chi connectivity index (χ4n) is 14.6. The first-order valence-corrected chi connectivity index (χ1v) is 23.6. The van der Waals surface area contributed by atoms with Crippen LogP contribution in [0, 0.1) is 52.3 Å². The maximum Gasteiger partial charge on any atom is 0.187 e. The summed E-state index contributed by atoms with van der Waals surface area (Å²) in [6, 6.07) is 0. The molecule has 0 bridgehead atoms. The van der Waals surface area contributed by atoms with Crippen molar-refractivity contribution in [2.75, 3.05) is 13.2 Å². The number of ether oxygens (including phenoxy) is 8. The molecular weight excluding hydrogens is 812 g/mol. The van der Waals surface area contributed by atoms with Crippen LogP contribution in [-0.4, -0.2) is 175 Å². The molecule has 9 rings (SSSR count). The summed E-state index contributed by atoms with van der Waals surface area (Å²) < 4.78 is 49.9. The lowest BCUT2D eigenvalue weighted by Gasteiger charge is -2.62. The normalized spacial score (nSPS) is 60.1. The number of fused-ring (bicyclic) bond motifs is 7. The molecule has 17 heteroatoms.